The van der Waals surface area contributed by atoms with Crippen LogP contribution in [0.1, 0.15) is 36.7 Å². The molecule has 0 aromatic carbocycles. The highest BCUT2D eigenvalue weighted by Gasteiger charge is 2.20. The van der Waals surface area contributed by atoms with Crippen LogP contribution in [0.3, 0.4) is 0 Å². The lowest BCUT2D eigenvalue weighted by Crippen LogP contribution is -2.34. The quantitative estimate of drug-likeness (QED) is 0.874. The Labute approximate surface area is 126 Å². The molecule has 5 heteroatoms. The maximum absolute atomic E-state index is 12.4. The van der Waals surface area contributed by atoms with Gasteiger partial charge in [0, 0.05) is 45.2 Å². The summed E-state index contributed by atoms with van der Waals surface area (Å²) < 4.78 is 5.36. The van der Waals surface area contributed by atoms with Crippen molar-refractivity contribution in [2.75, 3.05) is 38.7 Å². The first-order valence-electron chi connectivity index (χ1n) is 7.74. The van der Waals surface area contributed by atoms with Gasteiger partial charge in [0.1, 0.15) is 5.69 Å². The molecule has 0 unspecified atom stereocenters. The van der Waals surface area contributed by atoms with Gasteiger partial charge in [0.2, 0.25) is 0 Å². The van der Waals surface area contributed by atoms with Crippen molar-refractivity contribution in [3.8, 4) is 0 Å². The van der Waals surface area contributed by atoms with Crippen molar-refractivity contribution in [2.45, 2.75) is 26.2 Å². The summed E-state index contributed by atoms with van der Waals surface area (Å²) in [6.45, 7) is 5.40. The van der Waals surface area contributed by atoms with E-state index in [1.54, 1.807) is 11.1 Å². The standard InChI is InChI=1S/C16H25N3O2/c1-3-7-17-14-4-8-18-15(11-14)16(20)19(2)12-13-5-9-21-10-6-13/h4,8,11,13H,3,5-7,9-10,12H2,1-2H3,(H,17,18). The van der Waals surface area contributed by atoms with Gasteiger partial charge in [-0.05, 0) is 37.3 Å². The lowest BCUT2D eigenvalue weighted by Gasteiger charge is -2.27. The minimum atomic E-state index is -0.0124. The van der Waals surface area contributed by atoms with Crippen LogP contribution < -0.4 is 5.32 Å². The van der Waals surface area contributed by atoms with Gasteiger partial charge in [-0.15, -0.1) is 0 Å². The first-order chi connectivity index (χ1) is 10.2. The molecule has 21 heavy (non-hydrogen) atoms. The Balaban J connectivity index is 1.94. The van der Waals surface area contributed by atoms with E-state index in [0.29, 0.717) is 11.6 Å². The Morgan fingerprint density at radius 3 is 2.95 bits per heavy atom. The highest BCUT2D eigenvalue weighted by molar-refractivity contribution is 5.92. The fraction of sp³-hybridized carbons (Fsp3) is 0.625. The molecule has 0 spiro atoms. The first kappa shape index (κ1) is 15.8. The van der Waals surface area contributed by atoms with Crippen LogP contribution in [0, 0.1) is 5.92 Å². The van der Waals surface area contributed by atoms with Gasteiger partial charge < -0.3 is 15.0 Å². The van der Waals surface area contributed by atoms with Gasteiger partial charge in [0.15, 0.2) is 0 Å². The predicted octanol–water partition coefficient (Wildman–Crippen LogP) is 2.40. The molecule has 1 saturated heterocycles. The molecule has 0 aliphatic carbocycles. The Bertz CT molecular complexity index is 459. The van der Waals surface area contributed by atoms with E-state index in [4.69, 9.17) is 4.74 Å². The number of pyridine rings is 1. The van der Waals surface area contributed by atoms with E-state index < -0.39 is 0 Å². The number of carbonyl (C=O) groups excluding carboxylic acids is 1. The number of hydrogen-bond acceptors (Lipinski definition) is 4. The van der Waals surface area contributed by atoms with Crippen molar-refractivity contribution in [2.24, 2.45) is 5.92 Å². The summed E-state index contributed by atoms with van der Waals surface area (Å²) in [6.07, 6.45) is 4.80. The van der Waals surface area contributed by atoms with E-state index in [9.17, 15) is 4.79 Å². The van der Waals surface area contributed by atoms with Gasteiger partial charge in [-0.25, -0.2) is 0 Å². The zero-order valence-corrected chi connectivity index (χ0v) is 13.0. The molecular weight excluding hydrogens is 266 g/mol. The van der Waals surface area contributed by atoms with E-state index in [-0.39, 0.29) is 5.91 Å². The second-order valence-electron chi connectivity index (χ2n) is 5.60. The van der Waals surface area contributed by atoms with Crippen LogP contribution >= 0.6 is 0 Å². The fourth-order valence-corrected chi connectivity index (χ4v) is 2.52. The van der Waals surface area contributed by atoms with Crippen LogP contribution in [0.4, 0.5) is 5.69 Å². The highest BCUT2D eigenvalue weighted by atomic mass is 16.5. The monoisotopic (exact) mass is 291 g/mol. The van der Waals surface area contributed by atoms with Crippen LogP contribution in [-0.2, 0) is 4.74 Å². The SMILES string of the molecule is CCCNc1ccnc(C(=O)N(C)CC2CCOCC2)c1. The molecule has 1 aliphatic rings. The number of hydrogen-bond donors (Lipinski definition) is 1. The van der Waals surface area contributed by atoms with Crippen molar-refractivity contribution in [3.63, 3.8) is 0 Å². The summed E-state index contributed by atoms with van der Waals surface area (Å²) in [5.74, 6) is 0.524. The number of rotatable bonds is 6. The predicted molar refractivity (Wildman–Crippen MR) is 83.5 cm³/mol. The zero-order chi connectivity index (χ0) is 15.1. The number of anilines is 1. The molecule has 5 nitrogen and oxygen atoms in total. The third kappa shape index (κ3) is 4.70. The number of amides is 1. The third-order valence-electron chi connectivity index (χ3n) is 3.78. The summed E-state index contributed by atoms with van der Waals surface area (Å²) in [7, 11) is 1.85. The molecule has 116 valence electrons. The summed E-state index contributed by atoms with van der Waals surface area (Å²) in [4.78, 5) is 18.4. The molecule has 1 aromatic rings. The van der Waals surface area contributed by atoms with E-state index >= 15 is 0 Å². The van der Waals surface area contributed by atoms with Crippen molar-refractivity contribution in [1.29, 1.82) is 0 Å². The summed E-state index contributed by atoms with van der Waals surface area (Å²) in [5.41, 5.74) is 1.46. The Morgan fingerprint density at radius 2 is 2.24 bits per heavy atom. The van der Waals surface area contributed by atoms with Gasteiger partial charge >= 0.3 is 0 Å². The topological polar surface area (TPSA) is 54.5 Å². The Hall–Kier alpha value is -1.62. The third-order valence-corrected chi connectivity index (χ3v) is 3.78. The molecule has 1 amide bonds. The number of ether oxygens (including phenoxy) is 1. The maximum atomic E-state index is 12.4. The second-order valence-corrected chi connectivity index (χ2v) is 5.60. The molecule has 1 N–H and O–H groups in total. The van der Waals surface area contributed by atoms with Gasteiger partial charge in [-0.2, -0.15) is 0 Å². The largest absolute Gasteiger partial charge is 0.385 e. The maximum Gasteiger partial charge on any atom is 0.272 e. The minimum absolute atomic E-state index is 0.0124. The van der Waals surface area contributed by atoms with E-state index in [0.717, 1.165) is 51.3 Å². The fourth-order valence-electron chi connectivity index (χ4n) is 2.52. The number of carbonyl (C=O) groups is 1. The average Bonchev–Trinajstić information content (AvgIpc) is 2.53. The first-order valence-corrected chi connectivity index (χ1v) is 7.74. The number of nitrogens with one attached hydrogen (secondary N) is 1. The van der Waals surface area contributed by atoms with E-state index in [1.807, 2.05) is 19.2 Å². The second kappa shape index (κ2) is 7.98. The van der Waals surface area contributed by atoms with E-state index in [1.165, 1.54) is 0 Å². The van der Waals surface area contributed by atoms with Crippen molar-refractivity contribution in [3.05, 3.63) is 24.0 Å². The average molecular weight is 291 g/mol. The zero-order valence-electron chi connectivity index (χ0n) is 13.0. The molecule has 1 aromatic heterocycles. The molecular formula is C16H25N3O2. The molecule has 2 heterocycles. The van der Waals surface area contributed by atoms with E-state index in [2.05, 4.69) is 17.2 Å². The summed E-state index contributed by atoms with van der Waals surface area (Å²) in [5, 5.41) is 3.28. The summed E-state index contributed by atoms with van der Waals surface area (Å²) in [6, 6.07) is 3.73. The lowest BCUT2D eigenvalue weighted by molar-refractivity contribution is 0.0495. The van der Waals surface area contributed by atoms with Crippen LogP contribution in [0.15, 0.2) is 18.3 Å². The summed E-state index contributed by atoms with van der Waals surface area (Å²) >= 11 is 0. The van der Waals surface area contributed by atoms with Crippen molar-refractivity contribution >= 4 is 11.6 Å². The molecule has 1 fully saturated rings. The van der Waals surface area contributed by atoms with Crippen LogP contribution in [0.5, 0.6) is 0 Å². The molecule has 0 radical (unpaired) electrons. The Morgan fingerprint density at radius 1 is 1.48 bits per heavy atom. The highest BCUT2D eigenvalue weighted by Crippen LogP contribution is 2.17. The molecule has 0 atom stereocenters. The van der Waals surface area contributed by atoms with Crippen LogP contribution in [0.25, 0.3) is 0 Å². The normalized spacial score (nSPS) is 15.7. The van der Waals surface area contributed by atoms with Gasteiger partial charge in [0.05, 0.1) is 0 Å². The molecule has 0 bridgehead atoms. The van der Waals surface area contributed by atoms with Crippen molar-refractivity contribution in [1.82, 2.24) is 9.88 Å². The van der Waals surface area contributed by atoms with Crippen LogP contribution in [-0.4, -0.2) is 49.1 Å². The van der Waals surface area contributed by atoms with Gasteiger partial charge in [-0.1, -0.05) is 6.92 Å². The molecule has 1 aliphatic heterocycles. The lowest BCUT2D eigenvalue weighted by atomic mass is 10.00. The van der Waals surface area contributed by atoms with Crippen LogP contribution in [0.2, 0.25) is 0 Å². The number of nitrogens with zero attached hydrogens (tertiary/aromatic N) is 2. The van der Waals surface area contributed by atoms with Gasteiger partial charge in [-0.3, -0.25) is 9.78 Å². The Kier molecular flexibility index (Phi) is 5.99. The van der Waals surface area contributed by atoms with Gasteiger partial charge in [0.25, 0.3) is 5.91 Å². The smallest absolute Gasteiger partial charge is 0.272 e. The number of aromatic nitrogens is 1. The minimum Gasteiger partial charge on any atom is -0.385 e. The molecule has 2 rings (SSSR count). The van der Waals surface area contributed by atoms with Crippen molar-refractivity contribution < 1.29 is 9.53 Å². The molecule has 0 saturated carbocycles.